The maximum atomic E-state index is 12.4. The zero-order chi connectivity index (χ0) is 29.9. The Kier molecular flexibility index (Phi) is 11.2. The fourth-order valence-corrected chi connectivity index (χ4v) is 3.11. The first kappa shape index (κ1) is 31.3. The third-order valence-corrected chi connectivity index (χ3v) is 4.92. The molecule has 0 radical (unpaired) electrons. The molecule has 212 valence electrons. The molecule has 0 aliphatic rings. The van der Waals surface area contributed by atoms with E-state index < -0.39 is 18.3 Å². The minimum Gasteiger partial charge on any atom is -0.484 e. The molecule has 2 aromatic carbocycles. The number of furan rings is 1. The number of hydrogen-bond acceptors (Lipinski definition) is 6. The van der Waals surface area contributed by atoms with Crippen molar-refractivity contribution in [1.29, 1.82) is 0 Å². The highest BCUT2D eigenvalue weighted by Gasteiger charge is 2.31. The number of carboxylic acid groups (broad SMARTS) is 2. The molecule has 0 bridgehead atoms. The molecule has 0 atom stereocenters. The number of ether oxygens (including phenoxy) is 3. The van der Waals surface area contributed by atoms with Gasteiger partial charge in [-0.2, -0.15) is 0 Å². The molecule has 0 amide bonds. The van der Waals surface area contributed by atoms with Gasteiger partial charge in [0.2, 0.25) is 5.75 Å². The lowest BCUT2D eigenvalue weighted by atomic mass is 10.1. The van der Waals surface area contributed by atoms with Gasteiger partial charge in [-0.05, 0) is 55.3 Å². The molecule has 0 fully saturated rings. The Morgan fingerprint density at radius 3 is 2.27 bits per heavy atom. The predicted octanol–water partition coefficient (Wildman–Crippen LogP) is 7.51. The number of benzene rings is 2. The summed E-state index contributed by atoms with van der Waals surface area (Å²) in [7, 11) is 0. The lowest BCUT2D eigenvalue weighted by Gasteiger charge is -2.15. The summed E-state index contributed by atoms with van der Waals surface area (Å²) in [6.07, 6.45) is 2.30. The Balaban J connectivity index is 0.00000103. The van der Waals surface area contributed by atoms with Crippen molar-refractivity contribution < 1.29 is 51.6 Å². The van der Waals surface area contributed by atoms with Crippen LogP contribution in [0.3, 0.4) is 0 Å². The Hall–Kier alpha value is -4.93. The van der Waals surface area contributed by atoms with E-state index in [9.17, 15) is 27.9 Å². The average Bonchev–Trinajstić information content (AvgIpc) is 3.34. The van der Waals surface area contributed by atoms with Crippen molar-refractivity contribution in [2.75, 3.05) is 0 Å². The van der Waals surface area contributed by atoms with E-state index in [-0.39, 0.29) is 35.8 Å². The summed E-state index contributed by atoms with van der Waals surface area (Å²) in [5.74, 6) is -1.98. The van der Waals surface area contributed by atoms with Gasteiger partial charge in [0.1, 0.15) is 12.4 Å². The van der Waals surface area contributed by atoms with Gasteiger partial charge in [0.15, 0.2) is 11.3 Å². The van der Waals surface area contributed by atoms with Crippen molar-refractivity contribution in [3.8, 4) is 17.2 Å². The average molecular weight is 561 g/mol. The summed E-state index contributed by atoms with van der Waals surface area (Å²) in [5.41, 5.74) is 2.25. The first-order chi connectivity index (χ1) is 18.8. The molecule has 40 heavy (non-hydrogen) atoms. The van der Waals surface area contributed by atoms with Crippen molar-refractivity contribution >= 4 is 29.0 Å². The van der Waals surface area contributed by atoms with Crippen molar-refractivity contribution in [3.63, 3.8) is 0 Å². The van der Waals surface area contributed by atoms with Gasteiger partial charge in [0.05, 0.1) is 12.5 Å². The van der Waals surface area contributed by atoms with E-state index in [0.29, 0.717) is 22.1 Å². The number of hydrogen-bond donors (Lipinski definition) is 2. The minimum absolute atomic E-state index is 0.0472. The fourth-order valence-electron chi connectivity index (χ4n) is 3.11. The highest BCUT2D eigenvalue weighted by Crippen LogP contribution is 2.42. The Labute approximate surface area is 227 Å². The number of carboxylic acids is 2. The number of fused-ring (bicyclic) bond motifs is 1. The van der Waals surface area contributed by atoms with Crippen LogP contribution in [0.25, 0.3) is 17.0 Å². The van der Waals surface area contributed by atoms with Crippen molar-refractivity contribution in [1.82, 2.24) is 0 Å². The molecule has 0 saturated carbocycles. The van der Waals surface area contributed by atoms with Gasteiger partial charge in [-0.1, -0.05) is 37.8 Å². The molecule has 3 rings (SSSR count). The fraction of sp³-hybridized carbons (Fsp3) is 0.172. The van der Waals surface area contributed by atoms with E-state index >= 15 is 0 Å². The topological polar surface area (TPSA) is 115 Å². The number of carbonyl (C=O) groups is 2. The molecule has 11 heteroatoms. The highest BCUT2D eigenvalue weighted by molar-refractivity contribution is 5.96. The zero-order valence-electron chi connectivity index (χ0n) is 21.7. The summed E-state index contributed by atoms with van der Waals surface area (Å²) in [6, 6.07) is 8.63. The largest absolute Gasteiger partial charge is 0.573 e. The molecule has 0 aliphatic heterocycles. The third-order valence-electron chi connectivity index (χ3n) is 4.92. The van der Waals surface area contributed by atoms with Gasteiger partial charge < -0.3 is 28.8 Å². The molecule has 3 aromatic rings. The monoisotopic (exact) mass is 560 g/mol. The van der Waals surface area contributed by atoms with Crippen LogP contribution < -0.4 is 14.2 Å². The second-order valence-corrected chi connectivity index (χ2v) is 8.08. The zero-order valence-corrected chi connectivity index (χ0v) is 21.7. The molecule has 1 heterocycles. The number of alkyl halides is 3. The van der Waals surface area contributed by atoms with E-state index in [2.05, 4.69) is 17.9 Å². The summed E-state index contributed by atoms with van der Waals surface area (Å²) in [4.78, 5) is 20.9. The van der Waals surface area contributed by atoms with Crippen LogP contribution in [-0.4, -0.2) is 28.5 Å². The van der Waals surface area contributed by atoms with E-state index in [1.165, 1.54) is 42.9 Å². The van der Waals surface area contributed by atoms with Crippen LogP contribution in [0.5, 0.6) is 17.2 Å². The maximum Gasteiger partial charge on any atom is 0.573 e. The molecule has 0 aliphatic carbocycles. The van der Waals surface area contributed by atoms with Gasteiger partial charge in [-0.3, -0.25) is 0 Å². The van der Waals surface area contributed by atoms with Gasteiger partial charge in [0, 0.05) is 22.6 Å². The third kappa shape index (κ3) is 9.75. The lowest BCUT2D eigenvalue weighted by molar-refractivity contribution is -0.274. The van der Waals surface area contributed by atoms with Crippen molar-refractivity contribution in [2.45, 2.75) is 33.2 Å². The quantitative estimate of drug-likeness (QED) is 0.141. The van der Waals surface area contributed by atoms with Crippen molar-refractivity contribution in [2.24, 2.45) is 0 Å². The van der Waals surface area contributed by atoms with E-state index in [4.69, 9.17) is 19.0 Å². The normalized spacial score (nSPS) is 11.5. The Morgan fingerprint density at radius 2 is 1.75 bits per heavy atom. The first-order valence-corrected chi connectivity index (χ1v) is 11.6. The summed E-state index contributed by atoms with van der Waals surface area (Å²) in [6.45, 7) is 10.2. The molecule has 2 N–H and O–H groups in total. The van der Waals surface area contributed by atoms with E-state index in [0.717, 1.165) is 11.6 Å². The van der Waals surface area contributed by atoms with Gasteiger partial charge in [0.25, 0.3) is 0 Å². The van der Waals surface area contributed by atoms with Crippen LogP contribution in [0.1, 0.15) is 31.4 Å². The summed E-state index contributed by atoms with van der Waals surface area (Å²) >= 11 is 0. The molecule has 0 saturated heterocycles. The smallest absolute Gasteiger partial charge is 0.484 e. The SMILES string of the molecule is C=C(C)C=COc1c(OCc2ccc(OC(F)(F)F)cc2)c(/C=C(\CC)C(=O)O)cc2ccoc12.C=CC(=O)O. The molecular weight excluding hydrogens is 533 g/mol. The van der Waals surface area contributed by atoms with Gasteiger partial charge >= 0.3 is 18.3 Å². The standard InChI is InChI=1S/C26H23F3O6.C3H4O2/c1-4-18(25(30)31)13-20-14-19-10-12-32-22(19)24(33-11-9-16(2)3)23(20)34-15-17-5-7-21(8-6-17)35-26(27,28)29;1-2-3(4)5/h5-14H,2,4,15H2,1,3H3,(H,30,31);2H,1H2,(H,4,5)/b11-9?,18-13+;. The molecule has 0 unspecified atom stereocenters. The minimum atomic E-state index is -4.79. The maximum absolute atomic E-state index is 12.4. The molecule has 1 aromatic heterocycles. The summed E-state index contributed by atoms with van der Waals surface area (Å²) < 4.78 is 58.5. The Morgan fingerprint density at radius 1 is 1.10 bits per heavy atom. The van der Waals surface area contributed by atoms with Crippen LogP contribution in [0.4, 0.5) is 13.2 Å². The number of rotatable bonds is 11. The number of allylic oxidation sites excluding steroid dienone is 2. The van der Waals surface area contributed by atoms with Crippen LogP contribution >= 0.6 is 0 Å². The van der Waals surface area contributed by atoms with Crippen LogP contribution in [-0.2, 0) is 16.2 Å². The molecule has 8 nitrogen and oxygen atoms in total. The van der Waals surface area contributed by atoms with Crippen LogP contribution in [0, 0.1) is 0 Å². The van der Waals surface area contributed by atoms with E-state index in [1.807, 2.05) is 0 Å². The van der Waals surface area contributed by atoms with Gasteiger partial charge in [-0.25, -0.2) is 9.59 Å². The second kappa shape index (κ2) is 14.3. The predicted molar refractivity (Wildman–Crippen MR) is 142 cm³/mol. The first-order valence-electron chi connectivity index (χ1n) is 11.6. The highest BCUT2D eigenvalue weighted by atomic mass is 19.4. The van der Waals surface area contributed by atoms with Crippen molar-refractivity contribution in [3.05, 3.63) is 96.5 Å². The Bertz CT molecular complexity index is 1410. The van der Waals surface area contributed by atoms with Gasteiger partial charge in [-0.15, -0.1) is 13.2 Å². The second-order valence-electron chi connectivity index (χ2n) is 8.08. The number of aliphatic carboxylic acids is 2. The van der Waals surface area contributed by atoms with E-state index in [1.54, 1.807) is 32.1 Å². The summed E-state index contributed by atoms with van der Waals surface area (Å²) in [5, 5.41) is 17.8. The number of halogens is 3. The lowest BCUT2D eigenvalue weighted by Crippen LogP contribution is -2.17. The van der Waals surface area contributed by atoms with Crippen LogP contribution in [0.15, 0.2) is 89.8 Å². The van der Waals surface area contributed by atoms with Crippen LogP contribution in [0.2, 0.25) is 0 Å². The molecule has 0 spiro atoms. The molecular formula is C29H27F3O8.